The van der Waals surface area contributed by atoms with Gasteiger partial charge in [0.25, 0.3) is 0 Å². The first-order valence-electron chi connectivity index (χ1n) is 7.16. The minimum Gasteiger partial charge on any atom is -0.0999 e. The van der Waals surface area contributed by atoms with Crippen molar-refractivity contribution < 1.29 is 0 Å². The quantitative estimate of drug-likeness (QED) is 0.333. The van der Waals surface area contributed by atoms with Crippen molar-refractivity contribution in [1.29, 1.82) is 0 Å². The summed E-state index contributed by atoms with van der Waals surface area (Å²) in [6, 6.07) is 0. The van der Waals surface area contributed by atoms with Crippen LogP contribution < -0.4 is 0 Å². The van der Waals surface area contributed by atoms with Crippen molar-refractivity contribution in [3.8, 4) is 0 Å². The fraction of sp³-hybridized carbons (Fsp3) is 0.474. The van der Waals surface area contributed by atoms with Gasteiger partial charge < -0.3 is 0 Å². The highest BCUT2D eigenvalue weighted by Gasteiger charge is 1.91. The van der Waals surface area contributed by atoms with Crippen LogP contribution >= 0.6 is 0 Å². The predicted molar refractivity (Wildman–Crippen MR) is 91.5 cm³/mol. The second-order valence-electron chi connectivity index (χ2n) is 4.98. The minimum atomic E-state index is 1.12. The van der Waals surface area contributed by atoms with Crippen LogP contribution in [0.25, 0.3) is 0 Å². The molecule has 19 heavy (non-hydrogen) atoms. The summed E-state index contributed by atoms with van der Waals surface area (Å²) in [6.45, 7) is 19.5. The third-order valence-electron chi connectivity index (χ3n) is 2.75. The smallest absolute Gasteiger partial charge is 0.0288 e. The normalized spacial score (nSPS) is 10.0. The van der Waals surface area contributed by atoms with E-state index < -0.39 is 0 Å². The molecule has 0 aromatic rings. The van der Waals surface area contributed by atoms with Crippen LogP contribution in [0.3, 0.4) is 0 Å². The second kappa shape index (κ2) is 14.8. The van der Waals surface area contributed by atoms with Gasteiger partial charge in [-0.15, -0.1) is 0 Å². The van der Waals surface area contributed by atoms with E-state index in [1.165, 1.54) is 29.6 Å². The third-order valence-corrected chi connectivity index (χ3v) is 2.75. The molecule has 0 aromatic carbocycles. The summed E-state index contributed by atoms with van der Waals surface area (Å²) in [5.41, 5.74) is 4.29. The highest BCUT2D eigenvalue weighted by molar-refractivity contribution is 5.04. The Kier molecular flexibility index (Phi) is 15.6. The number of hydrogen-bond acceptors (Lipinski definition) is 0. The summed E-state index contributed by atoms with van der Waals surface area (Å²) in [5, 5.41) is 0. The molecule has 108 valence electrons. The molecular formula is C19H32. The van der Waals surface area contributed by atoms with Crippen molar-refractivity contribution in [3.63, 3.8) is 0 Å². The number of allylic oxidation sites excluding steroid dienone is 7. The highest BCUT2D eigenvalue weighted by Crippen LogP contribution is 2.11. The molecule has 0 saturated carbocycles. The Balaban J connectivity index is 0. The maximum Gasteiger partial charge on any atom is -0.0288 e. The highest BCUT2D eigenvalue weighted by atomic mass is 14.0. The molecule has 0 aromatic heterocycles. The summed E-state index contributed by atoms with van der Waals surface area (Å²) in [4.78, 5) is 0. The number of rotatable bonds is 8. The molecule has 0 spiro atoms. The van der Waals surface area contributed by atoms with Gasteiger partial charge in [-0.3, -0.25) is 0 Å². The molecule has 0 N–H and O–H groups in total. The topological polar surface area (TPSA) is 0 Å². The van der Waals surface area contributed by atoms with Gasteiger partial charge in [0.1, 0.15) is 0 Å². The van der Waals surface area contributed by atoms with Crippen LogP contribution in [0.1, 0.15) is 59.8 Å². The van der Waals surface area contributed by atoms with Gasteiger partial charge in [-0.1, -0.05) is 67.7 Å². The Morgan fingerprint density at radius 2 is 1.42 bits per heavy atom. The monoisotopic (exact) mass is 260 g/mol. The standard InChI is InChI=1S/C15H26.C4H6/c1-6-14(4)10-8-12-15(5)11-7-9-13(2)3;1-3-4-2/h9,12H,4,6-8,10-11H2,1-3,5H3;3-4H,1-2H2/b15-12+;. The largest absolute Gasteiger partial charge is 0.0999 e. The molecule has 0 amide bonds. The van der Waals surface area contributed by atoms with E-state index >= 15 is 0 Å². The van der Waals surface area contributed by atoms with Gasteiger partial charge in [0.15, 0.2) is 0 Å². The van der Waals surface area contributed by atoms with Crippen molar-refractivity contribution in [2.45, 2.75) is 59.8 Å². The van der Waals surface area contributed by atoms with E-state index in [1.807, 2.05) is 0 Å². The molecule has 0 heterocycles. The third kappa shape index (κ3) is 19.2. The molecule has 0 bridgehead atoms. The first-order valence-corrected chi connectivity index (χ1v) is 7.16. The van der Waals surface area contributed by atoms with Crippen LogP contribution in [-0.4, -0.2) is 0 Å². The summed E-state index contributed by atoms with van der Waals surface area (Å²) in [6.07, 6.45) is 13.7. The Labute approximate surface area is 121 Å². The maximum absolute atomic E-state index is 4.02. The predicted octanol–water partition coefficient (Wildman–Crippen LogP) is 6.78. The average molecular weight is 260 g/mol. The van der Waals surface area contributed by atoms with Gasteiger partial charge in [0.2, 0.25) is 0 Å². The van der Waals surface area contributed by atoms with E-state index in [-0.39, 0.29) is 0 Å². The van der Waals surface area contributed by atoms with Crippen molar-refractivity contribution >= 4 is 0 Å². The maximum atomic E-state index is 4.02. The molecule has 0 saturated heterocycles. The Hall–Kier alpha value is -1.30. The Morgan fingerprint density at radius 3 is 1.84 bits per heavy atom. The minimum absolute atomic E-state index is 1.12. The average Bonchev–Trinajstić information content (AvgIpc) is 2.38. The summed E-state index contributed by atoms with van der Waals surface area (Å²) >= 11 is 0. The molecule has 0 aliphatic carbocycles. The van der Waals surface area contributed by atoms with Crippen LogP contribution in [0.4, 0.5) is 0 Å². The molecule has 0 unspecified atom stereocenters. The molecule has 0 aliphatic heterocycles. The molecule has 0 radical (unpaired) electrons. The molecule has 0 atom stereocenters. The lowest BCUT2D eigenvalue weighted by Crippen LogP contribution is -1.81. The first kappa shape index (κ1) is 20.0. The Bertz CT molecular complexity index is 303. The molecular weight excluding hydrogens is 228 g/mol. The van der Waals surface area contributed by atoms with Crippen molar-refractivity contribution in [2.75, 3.05) is 0 Å². The van der Waals surface area contributed by atoms with Gasteiger partial charge in [-0.05, 0) is 52.9 Å². The molecule has 0 aliphatic rings. The summed E-state index contributed by atoms with van der Waals surface area (Å²) in [5.74, 6) is 0. The van der Waals surface area contributed by atoms with E-state index in [2.05, 4.69) is 59.6 Å². The SMILES string of the molecule is C=C(CC)CC/C=C(\C)CCC=C(C)C.C=CC=C. The zero-order chi connectivity index (χ0) is 15.1. The molecule has 0 rings (SSSR count). The van der Waals surface area contributed by atoms with E-state index in [4.69, 9.17) is 0 Å². The summed E-state index contributed by atoms with van der Waals surface area (Å²) in [7, 11) is 0. The molecule has 0 fully saturated rings. The second-order valence-corrected chi connectivity index (χ2v) is 4.98. The van der Waals surface area contributed by atoms with Gasteiger partial charge in [0, 0.05) is 0 Å². The van der Waals surface area contributed by atoms with Gasteiger partial charge in [-0.2, -0.15) is 0 Å². The van der Waals surface area contributed by atoms with Gasteiger partial charge in [-0.25, -0.2) is 0 Å². The zero-order valence-electron chi connectivity index (χ0n) is 13.5. The van der Waals surface area contributed by atoms with Crippen LogP contribution in [0.5, 0.6) is 0 Å². The van der Waals surface area contributed by atoms with Crippen molar-refractivity contribution in [2.24, 2.45) is 0 Å². The molecule has 0 nitrogen and oxygen atoms in total. The zero-order valence-corrected chi connectivity index (χ0v) is 13.5. The Morgan fingerprint density at radius 1 is 0.895 bits per heavy atom. The van der Waals surface area contributed by atoms with E-state index in [1.54, 1.807) is 12.2 Å². The fourth-order valence-electron chi connectivity index (χ4n) is 1.39. The molecule has 0 heteroatoms. The van der Waals surface area contributed by atoms with Crippen LogP contribution in [-0.2, 0) is 0 Å². The van der Waals surface area contributed by atoms with Crippen molar-refractivity contribution in [3.05, 3.63) is 60.8 Å². The van der Waals surface area contributed by atoms with E-state index in [0.717, 1.165) is 19.3 Å². The van der Waals surface area contributed by atoms with Crippen LogP contribution in [0.15, 0.2) is 60.8 Å². The lowest BCUT2D eigenvalue weighted by Gasteiger charge is -2.01. The van der Waals surface area contributed by atoms with E-state index in [0.29, 0.717) is 0 Å². The first-order chi connectivity index (χ1) is 8.97. The lowest BCUT2D eigenvalue weighted by atomic mass is 10.1. The van der Waals surface area contributed by atoms with Crippen LogP contribution in [0, 0.1) is 0 Å². The summed E-state index contributed by atoms with van der Waals surface area (Å²) < 4.78 is 0. The number of hydrogen-bond donors (Lipinski definition) is 0. The van der Waals surface area contributed by atoms with Gasteiger partial charge in [0.05, 0.1) is 0 Å². The van der Waals surface area contributed by atoms with Crippen molar-refractivity contribution in [1.82, 2.24) is 0 Å². The van der Waals surface area contributed by atoms with Gasteiger partial charge >= 0.3 is 0 Å². The van der Waals surface area contributed by atoms with Crippen LogP contribution in [0.2, 0.25) is 0 Å². The lowest BCUT2D eigenvalue weighted by molar-refractivity contribution is 0.889. The fourth-order valence-corrected chi connectivity index (χ4v) is 1.39. The van der Waals surface area contributed by atoms with E-state index in [9.17, 15) is 0 Å².